The van der Waals surface area contributed by atoms with Gasteiger partial charge in [-0.3, -0.25) is 14.9 Å². The van der Waals surface area contributed by atoms with Crippen molar-refractivity contribution in [2.45, 2.75) is 6.92 Å². The van der Waals surface area contributed by atoms with E-state index in [4.69, 9.17) is 9.47 Å². The normalized spacial score (nSPS) is 13.8. The lowest BCUT2D eigenvalue weighted by atomic mass is 10.1. The molecule has 28 heavy (non-hydrogen) atoms. The first-order chi connectivity index (χ1) is 13.5. The minimum absolute atomic E-state index is 0.0139. The van der Waals surface area contributed by atoms with Gasteiger partial charge >= 0.3 is 0 Å². The fourth-order valence-electron chi connectivity index (χ4n) is 2.79. The molecular formula is C18H21N5O5. The van der Waals surface area contributed by atoms with Crippen LogP contribution in [-0.2, 0) is 4.74 Å². The van der Waals surface area contributed by atoms with Gasteiger partial charge in [0.05, 0.1) is 24.7 Å². The van der Waals surface area contributed by atoms with Crippen LogP contribution in [-0.4, -0.2) is 60.3 Å². The van der Waals surface area contributed by atoms with Crippen LogP contribution in [0.25, 0.3) is 0 Å². The van der Waals surface area contributed by atoms with Crippen LogP contribution in [0.1, 0.15) is 16.2 Å². The molecule has 3 rings (SSSR count). The number of para-hydroxylation sites is 1. The first kappa shape index (κ1) is 19.5. The molecule has 0 saturated carbocycles. The smallest absolute Gasteiger partial charge is 0.282 e. The third-order valence-electron chi connectivity index (χ3n) is 4.12. The number of hydrogen-bond donors (Lipinski definition) is 1. The van der Waals surface area contributed by atoms with Crippen molar-refractivity contribution in [1.82, 2.24) is 15.3 Å². The number of aromatic nitrogens is 2. The van der Waals surface area contributed by atoms with Gasteiger partial charge < -0.3 is 19.7 Å². The second kappa shape index (κ2) is 9.09. The fraction of sp³-hybridized carbons (Fsp3) is 0.389. The standard InChI is InChI=1S/C18H21N5O5/c1-13-20-16(22-7-10-27-11-8-22)12-17(21-13)28-9-6-19-18(24)14-4-2-3-5-15(14)23(25)26/h2-5,12H,6-11H2,1H3,(H,19,24). The second-order valence-electron chi connectivity index (χ2n) is 6.09. The van der Waals surface area contributed by atoms with Crippen LogP contribution in [0.15, 0.2) is 30.3 Å². The molecule has 1 fully saturated rings. The minimum atomic E-state index is -0.581. The summed E-state index contributed by atoms with van der Waals surface area (Å²) in [6.45, 7) is 4.94. The van der Waals surface area contributed by atoms with Crippen molar-refractivity contribution < 1.29 is 19.2 Å². The molecular weight excluding hydrogens is 366 g/mol. The first-order valence-electron chi connectivity index (χ1n) is 8.87. The lowest BCUT2D eigenvalue weighted by molar-refractivity contribution is -0.385. The van der Waals surface area contributed by atoms with Gasteiger partial charge in [0.25, 0.3) is 11.6 Å². The van der Waals surface area contributed by atoms with Crippen LogP contribution in [0.2, 0.25) is 0 Å². The molecule has 0 radical (unpaired) electrons. The molecule has 1 aliphatic rings. The summed E-state index contributed by atoms with van der Waals surface area (Å²) in [5.74, 6) is 1.25. The lowest BCUT2D eigenvalue weighted by Gasteiger charge is -2.28. The highest BCUT2D eigenvalue weighted by molar-refractivity contribution is 5.98. The van der Waals surface area contributed by atoms with Gasteiger partial charge in [-0.05, 0) is 13.0 Å². The van der Waals surface area contributed by atoms with E-state index in [1.807, 2.05) is 0 Å². The van der Waals surface area contributed by atoms with E-state index in [0.717, 1.165) is 18.9 Å². The molecule has 1 aromatic carbocycles. The van der Waals surface area contributed by atoms with Crippen LogP contribution < -0.4 is 15.0 Å². The van der Waals surface area contributed by atoms with Gasteiger partial charge in [0.1, 0.15) is 23.8 Å². The van der Waals surface area contributed by atoms with Gasteiger partial charge in [-0.15, -0.1) is 0 Å². The molecule has 0 bridgehead atoms. The Kier molecular flexibility index (Phi) is 6.33. The van der Waals surface area contributed by atoms with E-state index < -0.39 is 10.8 Å². The number of hydrogen-bond acceptors (Lipinski definition) is 8. The lowest BCUT2D eigenvalue weighted by Crippen LogP contribution is -2.37. The molecule has 2 aromatic rings. The van der Waals surface area contributed by atoms with E-state index in [0.29, 0.717) is 24.9 Å². The summed E-state index contributed by atoms with van der Waals surface area (Å²) >= 11 is 0. The molecule has 0 atom stereocenters. The number of benzene rings is 1. The van der Waals surface area contributed by atoms with Crippen molar-refractivity contribution >= 4 is 17.4 Å². The number of nitrogens with zero attached hydrogens (tertiary/aromatic N) is 4. The third-order valence-corrected chi connectivity index (χ3v) is 4.12. The molecule has 10 heteroatoms. The number of amides is 1. The van der Waals surface area contributed by atoms with E-state index >= 15 is 0 Å². The van der Waals surface area contributed by atoms with Crippen LogP contribution in [0.5, 0.6) is 5.88 Å². The zero-order valence-corrected chi connectivity index (χ0v) is 15.5. The molecule has 1 saturated heterocycles. The molecule has 2 heterocycles. The zero-order chi connectivity index (χ0) is 19.9. The minimum Gasteiger partial charge on any atom is -0.476 e. The monoisotopic (exact) mass is 387 g/mol. The van der Waals surface area contributed by atoms with Crippen molar-refractivity contribution in [1.29, 1.82) is 0 Å². The Balaban J connectivity index is 1.55. The highest BCUT2D eigenvalue weighted by Crippen LogP contribution is 2.19. The van der Waals surface area contributed by atoms with Gasteiger partial charge in [0, 0.05) is 25.2 Å². The summed E-state index contributed by atoms with van der Waals surface area (Å²) < 4.78 is 11.0. The maximum atomic E-state index is 12.2. The third kappa shape index (κ3) is 4.92. The van der Waals surface area contributed by atoms with Gasteiger partial charge in [-0.25, -0.2) is 4.98 Å². The van der Waals surface area contributed by atoms with E-state index in [1.54, 1.807) is 19.1 Å². The number of carbonyl (C=O) groups is 1. The number of ether oxygens (including phenoxy) is 2. The SMILES string of the molecule is Cc1nc(OCCNC(=O)c2ccccc2[N+](=O)[O-])cc(N2CCOCC2)n1. The Morgan fingerprint density at radius 1 is 1.32 bits per heavy atom. The molecule has 10 nitrogen and oxygen atoms in total. The Bertz CT molecular complexity index is 854. The summed E-state index contributed by atoms with van der Waals surface area (Å²) in [5, 5.41) is 13.6. The van der Waals surface area contributed by atoms with E-state index in [9.17, 15) is 14.9 Å². The number of nitrogens with one attached hydrogen (secondary N) is 1. The van der Waals surface area contributed by atoms with E-state index in [-0.39, 0.29) is 24.4 Å². The molecule has 1 N–H and O–H groups in total. The average molecular weight is 387 g/mol. The number of anilines is 1. The molecule has 1 amide bonds. The Labute approximate surface area is 161 Å². The van der Waals surface area contributed by atoms with Gasteiger partial charge in [0.15, 0.2) is 0 Å². The predicted molar refractivity (Wildman–Crippen MR) is 101 cm³/mol. The summed E-state index contributed by atoms with van der Waals surface area (Å²) in [5.41, 5.74) is -0.220. The maximum Gasteiger partial charge on any atom is 0.282 e. The van der Waals surface area contributed by atoms with Crippen LogP contribution in [0.4, 0.5) is 11.5 Å². The largest absolute Gasteiger partial charge is 0.476 e. The van der Waals surface area contributed by atoms with Gasteiger partial charge in [0.2, 0.25) is 5.88 Å². The summed E-state index contributed by atoms with van der Waals surface area (Å²) in [6.07, 6.45) is 0. The Hall–Kier alpha value is -3.27. The summed E-state index contributed by atoms with van der Waals surface area (Å²) in [6, 6.07) is 7.55. The molecule has 1 aromatic heterocycles. The van der Waals surface area contributed by atoms with Crippen LogP contribution in [0.3, 0.4) is 0 Å². The first-order valence-corrected chi connectivity index (χ1v) is 8.87. The highest BCUT2D eigenvalue weighted by atomic mass is 16.6. The molecule has 0 unspecified atom stereocenters. The van der Waals surface area contributed by atoms with Crippen molar-refractivity contribution in [3.8, 4) is 5.88 Å². The highest BCUT2D eigenvalue weighted by Gasteiger charge is 2.19. The van der Waals surface area contributed by atoms with Crippen LogP contribution >= 0.6 is 0 Å². The van der Waals surface area contributed by atoms with Crippen molar-refractivity contribution in [3.63, 3.8) is 0 Å². The van der Waals surface area contributed by atoms with Crippen molar-refractivity contribution in [2.24, 2.45) is 0 Å². The topological polar surface area (TPSA) is 120 Å². The average Bonchev–Trinajstić information content (AvgIpc) is 2.71. The fourth-order valence-corrected chi connectivity index (χ4v) is 2.79. The van der Waals surface area contributed by atoms with Gasteiger partial charge in [-0.1, -0.05) is 12.1 Å². The zero-order valence-electron chi connectivity index (χ0n) is 15.5. The number of nitro benzene ring substituents is 1. The Morgan fingerprint density at radius 3 is 2.82 bits per heavy atom. The predicted octanol–water partition coefficient (Wildman–Crippen LogP) is 1.34. The molecule has 0 spiro atoms. The number of carbonyl (C=O) groups excluding carboxylic acids is 1. The quantitative estimate of drug-likeness (QED) is 0.429. The van der Waals surface area contributed by atoms with Crippen molar-refractivity contribution in [3.05, 3.63) is 51.8 Å². The van der Waals surface area contributed by atoms with Crippen molar-refractivity contribution in [2.75, 3.05) is 44.4 Å². The van der Waals surface area contributed by atoms with E-state index in [1.165, 1.54) is 18.2 Å². The van der Waals surface area contributed by atoms with E-state index in [2.05, 4.69) is 20.2 Å². The number of morpholine rings is 1. The molecule has 1 aliphatic heterocycles. The molecule has 0 aliphatic carbocycles. The second-order valence-corrected chi connectivity index (χ2v) is 6.09. The number of rotatable bonds is 7. The number of nitro groups is 1. The van der Waals surface area contributed by atoms with Crippen LogP contribution in [0, 0.1) is 17.0 Å². The maximum absolute atomic E-state index is 12.2. The van der Waals surface area contributed by atoms with Gasteiger partial charge in [-0.2, -0.15) is 4.98 Å². The Morgan fingerprint density at radius 2 is 2.07 bits per heavy atom. The summed E-state index contributed by atoms with van der Waals surface area (Å²) in [4.78, 5) is 33.4. The number of aryl methyl sites for hydroxylation is 1. The summed E-state index contributed by atoms with van der Waals surface area (Å²) in [7, 11) is 0. The molecule has 148 valence electrons.